The molecule has 0 fully saturated rings. The van der Waals surface area contributed by atoms with Gasteiger partial charge >= 0.3 is 5.97 Å². The number of carbonyl (C=O) groups excluding carboxylic acids is 2. The van der Waals surface area contributed by atoms with Crippen LogP contribution in [0.2, 0.25) is 0 Å². The van der Waals surface area contributed by atoms with Gasteiger partial charge in [0.05, 0.1) is 6.42 Å². The average Bonchev–Trinajstić information content (AvgIpc) is 2.35. The summed E-state index contributed by atoms with van der Waals surface area (Å²) in [6.45, 7) is 1.92. The molecule has 0 radical (unpaired) electrons. The smallest absolute Gasteiger partial charge is 0.326 e. The number of nitrogens with one attached hydrogen (secondary N) is 1. The molecule has 4 N–H and O–H groups in total. The Balaban J connectivity index is 2.66. The number of aliphatic carboxylic acids is 1. The van der Waals surface area contributed by atoms with Crippen molar-refractivity contribution in [2.24, 2.45) is 5.73 Å². The first-order valence-electron chi connectivity index (χ1n) is 5.95. The van der Waals surface area contributed by atoms with E-state index >= 15 is 0 Å². The number of primary amides is 1. The van der Waals surface area contributed by atoms with Crippen molar-refractivity contribution in [1.29, 1.82) is 0 Å². The summed E-state index contributed by atoms with van der Waals surface area (Å²) in [5.41, 5.74) is 6.78. The second-order valence-electron chi connectivity index (χ2n) is 4.32. The van der Waals surface area contributed by atoms with Crippen molar-refractivity contribution in [1.82, 2.24) is 5.32 Å². The standard InChI is InChI=1S/C14H16N2O4/c1-9-3-2-4-10(7-9)5-6-13(18)16-11(14(19)20)8-12(15)17/h2-7,11H,8H2,1H3,(H2,15,17)(H,16,18)(H,19,20)/b6-5+/t11-/m1/s1. The minimum atomic E-state index is -1.32. The topological polar surface area (TPSA) is 109 Å². The normalized spacial score (nSPS) is 12.1. The van der Waals surface area contributed by atoms with Crippen molar-refractivity contribution in [3.63, 3.8) is 0 Å². The molecule has 0 unspecified atom stereocenters. The third-order valence-electron chi connectivity index (χ3n) is 2.49. The molecular formula is C14H16N2O4. The number of aryl methyl sites for hydroxylation is 1. The second kappa shape index (κ2) is 7.08. The molecule has 0 aliphatic heterocycles. The Labute approximate surface area is 116 Å². The van der Waals surface area contributed by atoms with E-state index < -0.39 is 30.2 Å². The van der Waals surface area contributed by atoms with E-state index in [2.05, 4.69) is 5.32 Å². The number of hydrogen-bond donors (Lipinski definition) is 3. The summed E-state index contributed by atoms with van der Waals surface area (Å²) in [5, 5.41) is 11.1. The van der Waals surface area contributed by atoms with Gasteiger partial charge in [-0.25, -0.2) is 4.79 Å². The molecule has 0 saturated carbocycles. The third kappa shape index (κ3) is 5.34. The van der Waals surface area contributed by atoms with Gasteiger partial charge in [-0.1, -0.05) is 29.8 Å². The van der Waals surface area contributed by atoms with Crippen LogP contribution in [0, 0.1) is 6.92 Å². The SMILES string of the molecule is Cc1cccc(/C=C/C(=O)N[C@H](CC(N)=O)C(=O)O)c1. The zero-order chi connectivity index (χ0) is 15.1. The maximum Gasteiger partial charge on any atom is 0.326 e. The molecule has 0 bridgehead atoms. The monoisotopic (exact) mass is 276 g/mol. The number of amides is 2. The van der Waals surface area contributed by atoms with Gasteiger partial charge in [0.1, 0.15) is 6.04 Å². The molecule has 0 aliphatic rings. The van der Waals surface area contributed by atoms with Crippen molar-refractivity contribution < 1.29 is 19.5 Å². The molecule has 1 atom stereocenters. The van der Waals surface area contributed by atoms with Gasteiger partial charge in [-0.15, -0.1) is 0 Å². The summed E-state index contributed by atoms with van der Waals surface area (Å²) < 4.78 is 0. The number of benzene rings is 1. The van der Waals surface area contributed by atoms with Crippen molar-refractivity contribution in [2.45, 2.75) is 19.4 Å². The van der Waals surface area contributed by atoms with Gasteiger partial charge in [0.2, 0.25) is 11.8 Å². The molecule has 20 heavy (non-hydrogen) atoms. The molecule has 1 aromatic carbocycles. The van der Waals surface area contributed by atoms with Gasteiger partial charge in [-0.2, -0.15) is 0 Å². The molecular weight excluding hydrogens is 260 g/mol. The van der Waals surface area contributed by atoms with Crippen molar-refractivity contribution in [2.75, 3.05) is 0 Å². The first-order valence-corrected chi connectivity index (χ1v) is 5.95. The van der Waals surface area contributed by atoms with Crippen LogP contribution in [0.25, 0.3) is 6.08 Å². The Hall–Kier alpha value is -2.63. The predicted octanol–water partition coefficient (Wildman–Crippen LogP) is 0.453. The summed E-state index contributed by atoms with van der Waals surface area (Å²) in [7, 11) is 0. The van der Waals surface area contributed by atoms with Crippen LogP contribution in [0.3, 0.4) is 0 Å². The summed E-state index contributed by atoms with van der Waals surface area (Å²) in [4.78, 5) is 33.1. The Morgan fingerprint density at radius 3 is 2.65 bits per heavy atom. The van der Waals surface area contributed by atoms with E-state index in [-0.39, 0.29) is 0 Å². The maximum atomic E-state index is 11.6. The minimum Gasteiger partial charge on any atom is -0.480 e. The fraction of sp³-hybridized carbons (Fsp3) is 0.214. The molecule has 0 aromatic heterocycles. The van der Waals surface area contributed by atoms with Crippen LogP contribution in [-0.4, -0.2) is 28.9 Å². The number of hydrogen-bond acceptors (Lipinski definition) is 3. The van der Waals surface area contributed by atoms with Crippen LogP contribution in [-0.2, 0) is 14.4 Å². The van der Waals surface area contributed by atoms with Crippen LogP contribution >= 0.6 is 0 Å². The zero-order valence-corrected chi connectivity index (χ0v) is 11.0. The summed E-state index contributed by atoms with van der Waals surface area (Å²) in [5.74, 6) is -2.69. The molecule has 106 valence electrons. The second-order valence-corrected chi connectivity index (χ2v) is 4.32. The van der Waals surface area contributed by atoms with Crippen molar-refractivity contribution in [3.05, 3.63) is 41.5 Å². The van der Waals surface area contributed by atoms with E-state index in [1.807, 2.05) is 31.2 Å². The van der Waals surface area contributed by atoms with E-state index in [0.29, 0.717) is 0 Å². The lowest BCUT2D eigenvalue weighted by Gasteiger charge is -2.10. The molecule has 2 amide bonds. The number of rotatable bonds is 6. The predicted molar refractivity (Wildman–Crippen MR) is 73.6 cm³/mol. The maximum absolute atomic E-state index is 11.6. The lowest BCUT2D eigenvalue weighted by atomic mass is 10.1. The fourth-order valence-electron chi connectivity index (χ4n) is 1.57. The van der Waals surface area contributed by atoms with Crippen LogP contribution in [0.15, 0.2) is 30.3 Å². The van der Waals surface area contributed by atoms with Crippen LogP contribution < -0.4 is 11.1 Å². The molecule has 0 aliphatic carbocycles. The first kappa shape index (κ1) is 15.4. The van der Waals surface area contributed by atoms with Crippen LogP contribution in [0.1, 0.15) is 17.5 Å². The molecule has 6 heteroatoms. The lowest BCUT2D eigenvalue weighted by molar-refractivity contribution is -0.142. The van der Waals surface area contributed by atoms with Crippen LogP contribution in [0.4, 0.5) is 0 Å². The Morgan fingerprint density at radius 1 is 1.40 bits per heavy atom. The summed E-state index contributed by atoms with van der Waals surface area (Å²) in [6.07, 6.45) is 2.33. The van der Waals surface area contributed by atoms with E-state index in [4.69, 9.17) is 10.8 Å². The molecule has 1 aromatic rings. The van der Waals surface area contributed by atoms with Crippen molar-refractivity contribution >= 4 is 23.9 Å². The fourth-order valence-corrected chi connectivity index (χ4v) is 1.57. The quantitative estimate of drug-likeness (QED) is 0.655. The average molecular weight is 276 g/mol. The minimum absolute atomic E-state index is 0.445. The largest absolute Gasteiger partial charge is 0.480 e. The van der Waals surface area contributed by atoms with E-state index in [1.54, 1.807) is 6.08 Å². The van der Waals surface area contributed by atoms with Gasteiger partial charge in [-0.3, -0.25) is 9.59 Å². The highest BCUT2D eigenvalue weighted by atomic mass is 16.4. The van der Waals surface area contributed by atoms with E-state index in [1.165, 1.54) is 6.08 Å². The van der Waals surface area contributed by atoms with Gasteiger partial charge < -0.3 is 16.2 Å². The Bertz CT molecular complexity index is 552. The summed E-state index contributed by atoms with van der Waals surface area (Å²) >= 11 is 0. The zero-order valence-electron chi connectivity index (χ0n) is 11.0. The highest BCUT2D eigenvalue weighted by Gasteiger charge is 2.20. The highest BCUT2D eigenvalue weighted by molar-refractivity contribution is 5.95. The number of carboxylic acids is 1. The third-order valence-corrected chi connectivity index (χ3v) is 2.49. The molecule has 0 heterocycles. The number of carbonyl (C=O) groups is 3. The number of nitrogens with two attached hydrogens (primary N) is 1. The highest BCUT2D eigenvalue weighted by Crippen LogP contribution is 2.05. The van der Waals surface area contributed by atoms with Crippen LogP contribution in [0.5, 0.6) is 0 Å². The molecule has 1 rings (SSSR count). The van der Waals surface area contributed by atoms with E-state index in [0.717, 1.165) is 11.1 Å². The van der Waals surface area contributed by atoms with Gasteiger partial charge in [0, 0.05) is 6.08 Å². The van der Waals surface area contributed by atoms with Gasteiger partial charge in [0.25, 0.3) is 0 Å². The molecule has 0 saturated heterocycles. The first-order chi connectivity index (χ1) is 9.38. The van der Waals surface area contributed by atoms with Crippen molar-refractivity contribution in [3.8, 4) is 0 Å². The lowest BCUT2D eigenvalue weighted by Crippen LogP contribution is -2.42. The van der Waals surface area contributed by atoms with Gasteiger partial charge in [-0.05, 0) is 18.6 Å². The Morgan fingerprint density at radius 2 is 2.10 bits per heavy atom. The number of carboxylic acid groups (broad SMARTS) is 1. The Kier molecular flexibility index (Phi) is 5.46. The molecule has 0 spiro atoms. The van der Waals surface area contributed by atoms with E-state index in [9.17, 15) is 14.4 Å². The molecule has 6 nitrogen and oxygen atoms in total. The summed E-state index contributed by atoms with van der Waals surface area (Å²) in [6, 6.07) is 6.14. The van der Waals surface area contributed by atoms with Gasteiger partial charge in [0.15, 0.2) is 0 Å².